The van der Waals surface area contributed by atoms with E-state index in [-0.39, 0.29) is 20.8 Å². The van der Waals surface area contributed by atoms with Gasteiger partial charge >= 0.3 is 5.97 Å². The maximum atomic E-state index is 10.8. The molecule has 2 heteroatoms. The third-order valence-corrected chi connectivity index (χ3v) is 1.19. The highest BCUT2D eigenvalue weighted by Gasteiger charge is 2.00. The molecule has 0 fully saturated rings. The zero-order valence-corrected chi connectivity index (χ0v) is 11.7. The highest BCUT2D eigenvalue weighted by atomic mass is 16.5. The van der Waals surface area contributed by atoms with E-state index in [0.717, 1.165) is 0 Å². The van der Waals surface area contributed by atoms with E-state index in [1.807, 2.05) is 47.6 Å². The summed E-state index contributed by atoms with van der Waals surface area (Å²) in [5, 5.41) is 0. The van der Waals surface area contributed by atoms with Crippen LogP contribution in [0.3, 0.4) is 0 Å². The van der Waals surface area contributed by atoms with Crippen LogP contribution in [0.4, 0.5) is 0 Å². The van der Waals surface area contributed by atoms with Gasteiger partial charge in [0.15, 0.2) is 0 Å². The van der Waals surface area contributed by atoms with E-state index in [9.17, 15) is 4.79 Å². The second-order valence-electron chi connectivity index (χ2n) is 1.86. The van der Waals surface area contributed by atoms with Crippen LogP contribution in [0, 0.1) is 0 Å². The predicted octanol–water partition coefficient (Wildman–Crippen LogP) is 5.82. The van der Waals surface area contributed by atoms with Crippen LogP contribution < -0.4 is 0 Å². The third kappa shape index (κ3) is 17.1. The first-order valence-electron chi connectivity index (χ1n) is 5.98. The van der Waals surface area contributed by atoms with Gasteiger partial charge in [0.25, 0.3) is 0 Å². The van der Waals surface area contributed by atoms with Crippen LogP contribution in [-0.2, 0) is 4.74 Å². The second kappa shape index (κ2) is 29.6. The van der Waals surface area contributed by atoms with Crippen molar-refractivity contribution < 1.29 is 9.53 Å². The van der Waals surface area contributed by atoms with Crippen LogP contribution in [0.1, 0.15) is 66.8 Å². The highest BCUT2D eigenvalue weighted by molar-refractivity contribution is 5.89. The molecule has 0 radical (unpaired) electrons. The quantitative estimate of drug-likeness (QED) is 0.593. The highest BCUT2D eigenvalue weighted by Crippen LogP contribution is 1.98. The Hall–Kier alpha value is -1.31. The molecule has 0 saturated heterocycles. The van der Waals surface area contributed by atoms with Gasteiger partial charge in [0, 0.05) is 0 Å². The SMILES string of the molecule is C.C.CC.CC.CC.COC(=O)c1ccccc1. The minimum Gasteiger partial charge on any atom is -0.465 e. The summed E-state index contributed by atoms with van der Waals surface area (Å²) >= 11 is 0. The molecule has 0 saturated carbocycles. The molecule has 18 heavy (non-hydrogen) atoms. The lowest BCUT2D eigenvalue weighted by Crippen LogP contribution is -1.99. The van der Waals surface area contributed by atoms with Crippen molar-refractivity contribution in [2.24, 2.45) is 0 Å². The summed E-state index contributed by atoms with van der Waals surface area (Å²) < 4.78 is 4.50. The number of hydrogen-bond acceptors (Lipinski definition) is 2. The number of carbonyl (C=O) groups is 1. The maximum absolute atomic E-state index is 10.8. The van der Waals surface area contributed by atoms with E-state index in [1.54, 1.807) is 24.3 Å². The Bertz CT molecular complexity index is 218. The van der Waals surface area contributed by atoms with Crippen molar-refractivity contribution in [3.05, 3.63) is 35.9 Å². The number of methoxy groups -OCH3 is 1. The van der Waals surface area contributed by atoms with Gasteiger partial charge in [0.05, 0.1) is 12.7 Å². The molecule has 0 spiro atoms. The molecule has 0 aliphatic carbocycles. The Morgan fingerprint density at radius 2 is 1.17 bits per heavy atom. The summed E-state index contributed by atoms with van der Waals surface area (Å²) in [5.41, 5.74) is 0.588. The van der Waals surface area contributed by atoms with E-state index >= 15 is 0 Å². The second-order valence-corrected chi connectivity index (χ2v) is 1.86. The number of esters is 1. The van der Waals surface area contributed by atoms with Crippen molar-refractivity contribution in [2.75, 3.05) is 7.11 Å². The molecule has 1 rings (SSSR count). The van der Waals surface area contributed by atoms with E-state index in [2.05, 4.69) is 4.74 Å². The molecular formula is C16H34O2. The Balaban J connectivity index is -0.0000000623. The largest absolute Gasteiger partial charge is 0.465 e. The first-order valence-corrected chi connectivity index (χ1v) is 5.98. The zero-order chi connectivity index (χ0) is 13.4. The molecular weight excluding hydrogens is 224 g/mol. The van der Waals surface area contributed by atoms with E-state index in [0.29, 0.717) is 5.56 Å². The molecule has 0 unspecified atom stereocenters. The molecule has 0 aliphatic heterocycles. The summed E-state index contributed by atoms with van der Waals surface area (Å²) in [6.45, 7) is 12.0. The van der Waals surface area contributed by atoms with Gasteiger partial charge < -0.3 is 4.74 Å². The number of rotatable bonds is 1. The van der Waals surface area contributed by atoms with Gasteiger partial charge in [0.1, 0.15) is 0 Å². The first-order chi connectivity index (χ1) is 7.84. The third-order valence-electron chi connectivity index (χ3n) is 1.19. The summed E-state index contributed by atoms with van der Waals surface area (Å²) in [7, 11) is 1.37. The lowest BCUT2D eigenvalue weighted by atomic mass is 10.2. The summed E-state index contributed by atoms with van der Waals surface area (Å²) in [6.07, 6.45) is 0. The molecule has 0 atom stereocenters. The Kier molecular flexibility index (Phi) is 49.5. The van der Waals surface area contributed by atoms with Crippen molar-refractivity contribution in [3.63, 3.8) is 0 Å². The molecule has 1 aromatic rings. The topological polar surface area (TPSA) is 26.3 Å². The fourth-order valence-electron chi connectivity index (χ4n) is 0.692. The molecule has 110 valence electrons. The minimum absolute atomic E-state index is 0. The monoisotopic (exact) mass is 258 g/mol. The first kappa shape index (κ1) is 30.1. The van der Waals surface area contributed by atoms with Gasteiger partial charge in [-0.2, -0.15) is 0 Å². The van der Waals surface area contributed by atoms with Gasteiger partial charge in [-0.1, -0.05) is 74.6 Å². The average Bonchev–Trinajstić information content (AvgIpc) is 2.45. The van der Waals surface area contributed by atoms with E-state index < -0.39 is 0 Å². The molecule has 0 aromatic heterocycles. The number of hydrogen-bond donors (Lipinski definition) is 0. The van der Waals surface area contributed by atoms with Crippen LogP contribution in [0.5, 0.6) is 0 Å². The standard InChI is InChI=1S/C8H8O2.3C2H6.2CH4/c1-10-8(9)7-5-3-2-4-6-7;3*1-2;;/h2-6H,1H3;3*1-2H3;2*1H4. The van der Waals surface area contributed by atoms with Crippen LogP contribution in [0.15, 0.2) is 30.3 Å². The minimum atomic E-state index is -0.291. The fourth-order valence-corrected chi connectivity index (χ4v) is 0.692. The summed E-state index contributed by atoms with van der Waals surface area (Å²) in [6, 6.07) is 8.88. The Labute approximate surface area is 115 Å². The molecule has 1 aromatic carbocycles. The maximum Gasteiger partial charge on any atom is 0.337 e. The lowest BCUT2D eigenvalue weighted by molar-refractivity contribution is 0.0600. The zero-order valence-electron chi connectivity index (χ0n) is 11.7. The van der Waals surface area contributed by atoms with Crippen LogP contribution in [0.25, 0.3) is 0 Å². The van der Waals surface area contributed by atoms with E-state index in [1.165, 1.54) is 7.11 Å². The smallest absolute Gasteiger partial charge is 0.337 e. The number of carbonyl (C=O) groups excluding carboxylic acids is 1. The molecule has 0 aliphatic rings. The Morgan fingerprint density at radius 1 is 0.833 bits per heavy atom. The van der Waals surface area contributed by atoms with Crippen molar-refractivity contribution in [1.29, 1.82) is 0 Å². The number of benzene rings is 1. The lowest BCUT2D eigenvalue weighted by Gasteiger charge is -1.95. The van der Waals surface area contributed by atoms with Gasteiger partial charge in [-0.3, -0.25) is 0 Å². The van der Waals surface area contributed by atoms with Gasteiger partial charge in [-0.05, 0) is 12.1 Å². The van der Waals surface area contributed by atoms with Crippen molar-refractivity contribution in [1.82, 2.24) is 0 Å². The van der Waals surface area contributed by atoms with Crippen molar-refractivity contribution >= 4 is 5.97 Å². The molecule has 0 N–H and O–H groups in total. The Morgan fingerprint density at radius 3 is 1.44 bits per heavy atom. The molecule has 0 heterocycles. The molecule has 0 bridgehead atoms. The number of ether oxygens (including phenoxy) is 1. The fraction of sp³-hybridized carbons (Fsp3) is 0.562. The van der Waals surface area contributed by atoms with Crippen molar-refractivity contribution in [3.8, 4) is 0 Å². The van der Waals surface area contributed by atoms with Crippen LogP contribution >= 0.6 is 0 Å². The summed E-state index contributed by atoms with van der Waals surface area (Å²) in [5.74, 6) is -0.291. The van der Waals surface area contributed by atoms with Crippen LogP contribution in [-0.4, -0.2) is 13.1 Å². The van der Waals surface area contributed by atoms with Crippen molar-refractivity contribution in [2.45, 2.75) is 56.4 Å². The van der Waals surface area contributed by atoms with Gasteiger partial charge in [0.2, 0.25) is 0 Å². The summed E-state index contributed by atoms with van der Waals surface area (Å²) in [4.78, 5) is 10.8. The molecule has 2 nitrogen and oxygen atoms in total. The van der Waals surface area contributed by atoms with Gasteiger partial charge in [-0.15, -0.1) is 0 Å². The van der Waals surface area contributed by atoms with E-state index in [4.69, 9.17) is 0 Å². The van der Waals surface area contributed by atoms with Crippen LogP contribution in [0.2, 0.25) is 0 Å². The molecule has 0 amide bonds. The predicted molar refractivity (Wildman–Crippen MR) is 85.3 cm³/mol. The normalized spacial score (nSPS) is 5.94. The van der Waals surface area contributed by atoms with Gasteiger partial charge in [-0.25, -0.2) is 4.79 Å². The average molecular weight is 258 g/mol.